The van der Waals surface area contributed by atoms with Crippen LogP contribution < -0.4 is 0 Å². The van der Waals surface area contributed by atoms with Gasteiger partial charge in [0.1, 0.15) is 18.3 Å². The number of aliphatic hydroxyl groups excluding tert-OH is 4. The quantitative estimate of drug-likeness (QED) is 0.197. The molecule has 5 atom stereocenters. The van der Waals surface area contributed by atoms with Crippen molar-refractivity contribution in [2.75, 3.05) is 6.61 Å². The topological polar surface area (TPSA) is 154 Å². The van der Waals surface area contributed by atoms with Crippen molar-refractivity contribution in [2.45, 2.75) is 37.3 Å². The van der Waals surface area contributed by atoms with Crippen LogP contribution in [0.4, 0.5) is 0 Å². The van der Waals surface area contributed by atoms with E-state index in [-0.39, 0.29) is 0 Å². The van der Waals surface area contributed by atoms with Gasteiger partial charge in [-0.05, 0) is 0 Å². The normalized spacial score (nSPS) is 40.3. The summed E-state index contributed by atoms with van der Waals surface area (Å²) in [6.07, 6.45) is -7.31. The Morgan fingerprint density at radius 2 is 1.83 bits per heavy atom. The van der Waals surface area contributed by atoms with E-state index >= 15 is 0 Å². The van der Waals surface area contributed by atoms with Gasteiger partial charge in [0, 0.05) is 6.92 Å². The van der Waals surface area contributed by atoms with Crippen LogP contribution >= 0.6 is 0 Å². The highest BCUT2D eigenvalue weighted by Gasteiger charge is 2.56. The Bertz CT molecular complexity index is 341. The molecular weight excluding hydrogens is 252 g/mol. The second-order valence-corrected chi connectivity index (χ2v) is 3.84. The van der Waals surface area contributed by atoms with Gasteiger partial charge >= 0.3 is 11.9 Å². The summed E-state index contributed by atoms with van der Waals surface area (Å²) in [6.45, 7) is 0.0422. The summed E-state index contributed by atoms with van der Waals surface area (Å²) in [5.74, 6) is -5.59. The van der Waals surface area contributed by atoms with Crippen molar-refractivity contribution in [1.82, 2.24) is 0 Å². The number of ether oxygens (including phenoxy) is 2. The molecule has 0 aromatic rings. The molecule has 1 fully saturated rings. The third-order valence-corrected chi connectivity index (χ3v) is 2.45. The van der Waals surface area contributed by atoms with Crippen LogP contribution in [0.15, 0.2) is 0 Å². The Hall–Kier alpha value is -1.10. The molecule has 1 heterocycles. The predicted octanol–water partition coefficient (Wildman–Crippen LogP) is -3.76. The molecule has 5 N–H and O–H groups in total. The number of carbonyl (C=O) groups is 2. The zero-order valence-electron chi connectivity index (χ0n) is 9.39. The van der Waals surface area contributed by atoms with Crippen LogP contribution in [0, 0.1) is 0 Å². The van der Waals surface area contributed by atoms with E-state index < -0.39 is 48.7 Å². The molecule has 1 aliphatic rings. The molecule has 1 rings (SSSR count). The molecule has 1 aliphatic heterocycles. The summed E-state index contributed by atoms with van der Waals surface area (Å²) in [6, 6.07) is 0. The van der Waals surface area contributed by atoms with Crippen molar-refractivity contribution in [2.24, 2.45) is 0 Å². The number of hydrogen-bond acceptors (Lipinski definition) is 9. The molecule has 9 nitrogen and oxygen atoms in total. The molecule has 18 heavy (non-hydrogen) atoms. The fraction of sp³-hybridized carbons (Fsp3) is 0.778. The first-order valence-electron chi connectivity index (χ1n) is 5.02. The summed E-state index contributed by atoms with van der Waals surface area (Å²) in [5.41, 5.74) is 0. The van der Waals surface area contributed by atoms with Gasteiger partial charge in [0.25, 0.3) is 0 Å². The van der Waals surface area contributed by atoms with Crippen molar-refractivity contribution >= 4 is 11.8 Å². The van der Waals surface area contributed by atoms with E-state index in [4.69, 9.17) is 5.11 Å². The second kappa shape index (κ2) is 5.26. The van der Waals surface area contributed by atoms with Crippen LogP contribution in [0.3, 0.4) is 0 Å². The molecule has 0 bridgehead atoms. The van der Waals surface area contributed by atoms with Crippen LogP contribution in [-0.2, 0) is 19.1 Å². The van der Waals surface area contributed by atoms with Gasteiger partial charge in [0.2, 0.25) is 5.78 Å². The Balaban J connectivity index is 2.91. The lowest BCUT2D eigenvalue weighted by Crippen LogP contribution is -2.66. The van der Waals surface area contributed by atoms with E-state index in [1.54, 1.807) is 0 Å². The molecule has 0 aliphatic carbocycles. The second-order valence-electron chi connectivity index (χ2n) is 3.84. The number of Topliss-reactive ketones (excluding diaryl/α,β-unsaturated/α-hetero) is 1. The Kier molecular flexibility index (Phi) is 4.37. The number of aliphatic hydroxyl groups is 5. The number of esters is 1. The fourth-order valence-electron chi connectivity index (χ4n) is 1.41. The summed E-state index contributed by atoms with van der Waals surface area (Å²) < 4.78 is 8.81. The van der Waals surface area contributed by atoms with Crippen LogP contribution in [-0.4, -0.2) is 74.3 Å². The minimum Gasteiger partial charge on any atom is -0.400 e. The minimum absolute atomic E-state index is 0.815. The lowest BCUT2D eigenvalue weighted by atomic mass is 9.98. The maximum absolute atomic E-state index is 11.0. The number of rotatable bonds is 3. The molecule has 0 aromatic carbocycles. The fourth-order valence-corrected chi connectivity index (χ4v) is 1.41. The number of hydrogen-bond donors (Lipinski definition) is 5. The molecule has 0 amide bonds. The first-order chi connectivity index (χ1) is 8.23. The summed E-state index contributed by atoms with van der Waals surface area (Å²) in [4.78, 5) is 21.7. The SMILES string of the molecule is CC(=O)C(=O)O[C@@]1(O)O[C@H](CO)[C@H](O)[C@H](O)[C@H]1O. The highest BCUT2D eigenvalue weighted by molar-refractivity contribution is 6.32. The third-order valence-electron chi connectivity index (χ3n) is 2.45. The van der Waals surface area contributed by atoms with Crippen LogP contribution in [0.2, 0.25) is 0 Å². The molecule has 0 saturated carbocycles. The van der Waals surface area contributed by atoms with Gasteiger partial charge in [-0.2, -0.15) is 0 Å². The molecular formula is C9H14O9. The Morgan fingerprint density at radius 1 is 1.28 bits per heavy atom. The minimum atomic E-state index is -3.02. The average Bonchev–Trinajstić information content (AvgIpc) is 2.31. The highest BCUT2D eigenvalue weighted by Crippen LogP contribution is 2.29. The van der Waals surface area contributed by atoms with E-state index in [9.17, 15) is 30.0 Å². The van der Waals surface area contributed by atoms with Crippen molar-refractivity contribution < 1.29 is 44.6 Å². The van der Waals surface area contributed by atoms with Crippen molar-refractivity contribution in [1.29, 1.82) is 0 Å². The molecule has 0 spiro atoms. The van der Waals surface area contributed by atoms with Gasteiger partial charge in [0.15, 0.2) is 6.10 Å². The molecule has 0 unspecified atom stereocenters. The largest absolute Gasteiger partial charge is 0.400 e. The van der Waals surface area contributed by atoms with E-state index in [1.807, 2.05) is 0 Å². The molecule has 104 valence electrons. The first kappa shape index (κ1) is 15.0. The zero-order valence-corrected chi connectivity index (χ0v) is 9.39. The standard InChI is InChI=1S/C9H14O9/c1-3(11)8(15)18-9(16)7(14)6(13)5(12)4(2-10)17-9/h4-7,10,12-14,16H,2H2,1H3/t4-,5+,6+,7-,9+/m1/s1. The molecule has 0 radical (unpaired) electrons. The summed E-state index contributed by atoms with van der Waals surface area (Å²) in [5, 5.41) is 46.8. The van der Waals surface area contributed by atoms with Gasteiger partial charge in [-0.15, -0.1) is 0 Å². The first-order valence-corrected chi connectivity index (χ1v) is 5.02. The molecule has 9 heteroatoms. The van der Waals surface area contributed by atoms with E-state index in [0.717, 1.165) is 6.92 Å². The number of ketones is 1. The predicted molar refractivity (Wildman–Crippen MR) is 51.7 cm³/mol. The van der Waals surface area contributed by atoms with E-state index in [0.29, 0.717) is 0 Å². The number of carbonyl (C=O) groups excluding carboxylic acids is 2. The Morgan fingerprint density at radius 3 is 2.28 bits per heavy atom. The Labute approximate surface area is 101 Å². The highest BCUT2D eigenvalue weighted by atomic mass is 16.8. The van der Waals surface area contributed by atoms with Crippen LogP contribution in [0.1, 0.15) is 6.92 Å². The van der Waals surface area contributed by atoms with Gasteiger partial charge < -0.3 is 35.0 Å². The average molecular weight is 266 g/mol. The van der Waals surface area contributed by atoms with Gasteiger partial charge in [-0.25, -0.2) is 4.79 Å². The maximum Gasteiger partial charge on any atom is 0.378 e. The van der Waals surface area contributed by atoms with Crippen molar-refractivity contribution in [3.63, 3.8) is 0 Å². The van der Waals surface area contributed by atoms with Crippen LogP contribution in [0.25, 0.3) is 0 Å². The van der Waals surface area contributed by atoms with Gasteiger partial charge in [-0.1, -0.05) is 0 Å². The van der Waals surface area contributed by atoms with Crippen molar-refractivity contribution in [3.05, 3.63) is 0 Å². The van der Waals surface area contributed by atoms with Crippen LogP contribution in [0.5, 0.6) is 0 Å². The maximum atomic E-state index is 11.0. The van der Waals surface area contributed by atoms with Gasteiger partial charge in [0.05, 0.1) is 6.61 Å². The zero-order chi connectivity index (χ0) is 14.1. The third kappa shape index (κ3) is 2.66. The molecule has 1 saturated heterocycles. The van der Waals surface area contributed by atoms with E-state index in [1.165, 1.54) is 0 Å². The summed E-state index contributed by atoms with van der Waals surface area (Å²) >= 11 is 0. The van der Waals surface area contributed by atoms with Gasteiger partial charge in [-0.3, -0.25) is 4.79 Å². The lowest BCUT2D eigenvalue weighted by Gasteiger charge is -2.43. The van der Waals surface area contributed by atoms with E-state index in [2.05, 4.69) is 9.47 Å². The smallest absolute Gasteiger partial charge is 0.378 e. The molecule has 0 aromatic heterocycles. The lowest BCUT2D eigenvalue weighted by molar-refractivity contribution is -0.433. The summed E-state index contributed by atoms with van der Waals surface area (Å²) in [7, 11) is 0. The van der Waals surface area contributed by atoms with Crippen molar-refractivity contribution in [3.8, 4) is 0 Å². The monoisotopic (exact) mass is 266 g/mol.